The van der Waals surface area contributed by atoms with Crippen LogP contribution in [0, 0.1) is 11.3 Å². The Morgan fingerprint density at radius 2 is 2.00 bits per heavy atom. The van der Waals surface area contributed by atoms with Crippen LogP contribution in [0.25, 0.3) is 10.8 Å². The van der Waals surface area contributed by atoms with Crippen molar-refractivity contribution in [2.24, 2.45) is 0 Å². The van der Waals surface area contributed by atoms with E-state index in [9.17, 15) is 4.79 Å². The van der Waals surface area contributed by atoms with Gasteiger partial charge in [-0.2, -0.15) is 5.26 Å². The van der Waals surface area contributed by atoms with E-state index in [-0.39, 0.29) is 11.9 Å². The highest BCUT2D eigenvalue weighted by molar-refractivity contribution is 5.85. The number of fused-ring (bicyclic) bond motifs is 1. The van der Waals surface area contributed by atoms with Crippen LogP contribution in [0.4, 0.5) is 0 Å². The van der Waals surface area contributed by atoms with Crippen LogP contribution in [-0.4, -0.2) is 11.9 Å². The Labute approximate surface area is 112 Å². The molecule has 0 aromatic heterocycles. The van der Waals surface area contributed by atoms with Gasteiger partial charge in [-0.25, -0.2) is 0 Å². The maximum Gasteiger partial charge on any atom is 0.224 e. The summed E-state index contributed by atoms with van der Waals surface area (Å²) in [6, 6.07) is 16.0. The maximum atomic E-state index is 11.8. The molecule has 3 nitrogen and oxygen atoms in total. The van der Waals surface area contributed by atoms with E-state index in [1.54, 1.807) is 0 Å². The molecule has 19 heavy (non-hydrogen) atoms. The molecule has 0 radical (unpaired) electrons. The van der Waals surface area contributed by atoms with Gasteiger partial charge in [-0.05, 0) is 23.3 Å². The van der Waals surface area contributed by atoms with Crippen molar-refractivity contribution in [2.75, 3.05) is 0 Å². The van der Waals surface area contributed by atoms with Crippen LogP contribution < -0.4 is 5.32 Å². The summed E-state index contributed by atoms with van der Waals surface area (Å²) in [7, 11) is 0. The van der Waals surface area contributed by atoms with Crippen molar-refractivity contribution in [3.8, 4) is 6.07 Å². The van der Waals surface area contributed by atoms with Crippen molar-refractivity contribution in [1.82, 2.24) is 5.32 Å². The van der Waals surface area contributed by atoms with Gasteiger partial charge in [0.2, 0.25) is 5.91 Å². The fourth-order valence-corrected chi connectivity index (χ4v) is 2.05. The number of nitrogens with zero attached hydrogens (tertiary/aromatic N) is 1. The van der Waals surface area contributed by atoms with Gasteiger partial charge in [-0.15, -0.1) is 0 Å². The van der Waals surface area contributed by atoms with Gasteiger partial charge in [-0.3, -0.25) is 4.79 Å². The summed E-state index contributed by atoms with van der Waals surface area (Å²) < 4.78 is 0. The second kappa shape index (κ2) is 6.01. The van der Waals surface area contributed by atoms with E-state index in [0.29, 0.717) is 12.8 Å². The predicted molar refractivity (Wildman–Crippen MR) is 75.5 cm³/mol. The first kappa shape index (κ1) is 13.1. The van der Waals surface area contributed by atoms with Crippen LogP contribution in [0.1, 0.15) is 18.9 Å². The van der Waals surface area contributed by atoms with Crippen molar-refractivity contribution in [3.63, 3.8) is 0 Å². The van der Waals surface area contributed by atoms with Gasteiger partial charge in [0.05, 0.1) is 18.9 Å². The predicted octanol–water partition coefficient (Wildman–Crippen LogP) is 2.80. The third-order valence-corrected chi connectivity index (χ3v) is 2.98. The number of hydrogen-bond acceptors (Lipinski definition) is 2. The monoisotopic (exact) mass is 252 g/mol. The van der Waals surface area contributed by atoms with Gasteiger partial charge in [0.15, 0.2) is 0 Å². The number of amides is 1. The van der Waals surface area contributed by atoms with Crippen LogP contribution in [0.15, 0.2) is 42.5 Å². The molecule has 1 atom stereocenters. The molecule has 0 spiro atoms. The lowest BCUT2D eigenvalue weighted by Gasteiger charge is -2.10. The van der Waals surface area contributed by atoms with Gasteiger partial charge in [0.1, 0.15) is 0 Å². The number of nitrogens with one attached hydrogen (secondary N) is 1. The average molecular weight is 252 g/mol. The summed E-state index contributed by atoms with van der Waals surface area (Å²) in [6.07, 6.45) is 0.685. The Morgan fingerprint density at radius 1 is 1.26 bits per heavy atom. The highest BCUT2D eigenvalue weighted by Gasteiger charge is 2.08. The lowest BCUT2D eigenvalue weighted by atomic mass is 10.0. The topological polar surface area (TPSA) is 52.9 Å². The molecular formula is C16H16N2O. The van der Waals surface area contributed by atoms with E-state index in [1.807, 2.05) is 55.5 Å². The molecule has 3 heteroatoms. The Hall–Kier alpha value is -2.34. The molecule has 1 N–H and O–H groups in total. The first-order chi connectivity index (χ1) is 9.19. The molecule has 1 amide bonds. The zero-order valence-corrected chi connectivity index (χ0v) is 10.9. The first-order valence-electron chi connectivity index (χ1n) is 6.33. The number of hydrogen-bond donors (Lipinski definition) is 1. The van der Waals surface area contributed by atoms with Gasteiger partial charge >= 0.3 is 0 Å². The fraction of sp³-hybridized carbons (Fsp3) is 0.250. The van der Waals surface area contributed by atoms with Gasteiger partial charge in [-0.1, -0.05) is 42.5 Å². The summed E-state index contributed by atoms with van der Waals surface area (Å²) in [5.41, 5.74) is 0.986. The van der Waals surface area contributed by atoms with Crippen LogP contribution in [0.5, 0.6) is 0 Å². The molecule has 0 heterocycles. The van der Waals surface area contributed by atoms with Crippen LogP contribution >= 0.6 is 0 Å². The van der Waals surface area contributed by atoms with E-state index in [0.717, 1.165) is 10.9 Å². The number of rotatable bonds is 4. The average Bonchev–Trinajstić information content (AvgIpc) is 2.38. The van der Waals surface area contributed by atoms with E-state index in [4.69, 9.17) is 5.26 Å². The Bertz CT molecular complexity index is 628. The molecule has 0 saturated heterocycles. The zero-order valence-electron chi connectivity index (χ0n) is 10.9. The summed E-state index contributed by atoms with van der Waals surface area (Å²) in [5.74, 6) is -0.0435. The normalized spacial score (nSPS) is 11.8. The molecule has 0 saturated carbocycles. The summed E-state index contributed by atoms with van der Waals surface area (Å²) in [4.78, 5) is 11.8. The molecule has 1 unspecified atom stereocenters. The van der Waals surface area contributed by atoms with Crippen molar-refractivity contribution in [1.29, 1.82) is 5.26 Å². The quantitative estimate of drug-likeness (QED) is 0.909. The number of carbonyl (C=O) groups excluding carboxylic acids is 1. The van der Waals surface area contributed by atoms with E-state index < -0.39 is 0 Å². The minimum absolute atomic E-state index is 0.0435. The standard InChI is InChI=1S/C16H16N2O/c1-12(8-9-17)18-16(19)11-13-6-7-14-4-2-3-5-15(14)10-13/h2-7,10,12H,8,11H2,1H3,(H,18,19). The molecular weight excluding hydrogens is 236 g/mol. The van der Waals surface area contributed by atoms with Crippen molar-refractivity contribution in [2.45, 2.75) is 25.8 Å². The molecule has 0 aliphatic heterocycles. The molecule has 0 aliphatic carbocycles. The summed E-state index contributed by atoms with van der Waals surface area (Å²) >= 11 is 0. The second-order valence-electron chi connectivity index (χ2n) is 4.69. The highest BCUT2D eigenvalue weighted by Crippen LogP contribution is 2.15. The molecule has 2 aromatic rings. The molecule has 0 bridgehead atoms. The first-order valence-corrected chi connectivity index (χ1v) is 6.33. The molecule has 2 aromatic carbocycles. The lowest BCUT2D eigenvalue weighted by molar-refractivity contribution is -0.121. The zero-order chi connectivity index (χ0) is 13.7. The summed E-state index contributed by atoms with van der Waals surface area (Å²) in [5, 5.41) is 13.7. The van der Waals surface area contributed by atoms with E-state index >= 15 is 0 Å². The molecule has 2 rings (SSSR count). The van der Waals surface area contributed by atoms with E-state index in [2.05, 4.69) is 5.32 Å². The Morgan fingerprint density at radius 3 is 2.74 bits per heavy atom. The Balaban J connectivity index is 2.05. The highest BCUT2D eigenvalue weighted by atomic mass is 16.1. The van der Waals surface area contributed by atoms with Crippen molar-refractivity contribution >= 4 is 16.7 Å². The molecule has 0 aliphatic rings. The maximum absolute atomic E-state index is 11.8. The number of carbonyl (C=O) groups is 1. The fourth-order valence-electron chi connectivity index (χ4n) is 2.05. The number of benzene rings is 2. The van der Waals surface area contributed by atoms with Crippen LogP contribution in [0.3, 0.4) is 0 Å². The Kier molecular flexibility index (Phi) is 4.15. The lowest BCUT2D eigenvalue weighted by Crippen LogP contribution is -2.33. The van der Waals surface area contributed by atoms with E-state index in [1.165, 1.54) is 5.39 Å². The minimum atomic E-state index is -0.0991. The minimum Gasteiger partial charge on any atom is -0.352 e. The van der Waals surface area contributed by atoms with Gasteiger partial charge in [0, 0.05) is 6.04 Å². The SMILES string of the molecule is CC(CC#N)NC(=O)Cc1ccc2ccccc2c1. The van der Waals surface area contributed by atoms with Crippen LogP contribution in [0.2, 0.25) is 0 Å². The van der Waals surface area contributed by atoms with Crippen LogP contribution in [-0.2, 0) is 11.2 Å². The molecule has 96 valence electrons. The third kappa shape index (κ3) is 3.56. The third-order valence-electron chi connectivity index (χ3n) is 2.98. The second-order valence-corrected chi connectivity index (χ2v) is 4.69. The van der Waals surface area contributed by atoms with Gasteiger partial charge < -0.3 is 5.32 Å². The smallest absolute Gasteiger partial charge is 0.224 e. The van der Waals surface area contributed by atoms with Crippen molar-refractivity contribution in [3.05, 3.63) is 48.0 Å². The number of nitriles is 1. The van der Waals surface area contributed by atoms with Gasteiger partial charge in [0.25, 0.3) is 0 Å². The van der Waals surface area contributed by atoms with Crippen molar-refractivity contribution < 1.29 is 4.79 Å². The largest absolute Gasteiger partial charge is 0.352 e. The summed E-state index contributed by atoms with van der Waals surface area (Å²) in [6.45, 7) is 1.83. The molecule has 0 fully saturated rings.